The summed E-state index contributed by atoms with van der Waals surface area (Å²) in [5.74, 6) is -0.610. The number of nitrogens with zero attached hydrogens (tertiary/aromatic N) is 2. The average molecular weight is 314 g/mol. The van der Waals surface area contributed by atoms with Crippen molar-refractivity contribution in [2.24, 2.45) is 22.1 Å². The first-order valence-electron chi connectivity index (χ1n) is 7.69. The van der Waals surface area contributed by atoms with Crippen molar-refractivity contribution in [3.05, 3.63) is 41.3 Å². The minimum Gasteiger partial charge on any atom is -0.510 e. The van der Waals surface area contributed by atoms with Crippen molar-refractivity contribution in [3.63, 3.8) is 0 Å². The minimum atomic E-state index is -0.577. The molecule has 1 saturated carbocycles. The van der Waals surface area contributed by atoms with Crippen LogP contribution in [0.25, 0.3) is 0 Å². The van der Waals surface area contributed by atoms with E-state index in [4.69, 9.17) is 4.74 Å². The van der Waals surface area contributed by atoms with Crippen LogP contribution in [0.1, 0.15) is 36.0 Å². The van der Waals surface area contributed by atoms with Gasteiger partial charge in [-0.25, -0.2) is 0 Å². The van der Waals surface area contributed by atoms with E-state index in [2.05, 4.69) is 10.2 Å². The Morgan fingerprint density at radius 2 is 2.00 bits per heavy atom. The van der Waals surface area contributed by atoms with Crippen molar-refractivity contribution in [1.82, 2.24) is 0 Å². The van der Waals surface area contributed by atoms with E-state index in [9.17, 15) is 14.7 Å². The molecule has 120 valence electrons. The minimum absolute atomic E-state index is 0.0121. The Bertz CT molecular complexity index is 708. The molecule has 1 fully saturated rings. The van der Waals surface area contributed by atoms with Crippen molar-refractivity contribution in [1.29, 1.82) is 0 Å². The Kier molecular flexibility index (Phi) is 4.23. The number of aliphatic hydroxyl groups excluding tert-OH is 1. The highest BCUT2D eigenvalue weighted by molar-refractivity contribution is 6.01. The van der Waals surface area contributed by atoms with E-state index in [1.807, 2.05) is 0 Å². The highest BCUT2D eigenvalue weighted by Crippen LogP contribution is 2.42. The van der Waals surface area contributed by atoms with Gasteiger partial charge in [-0.3, -0.25) is 9.59 Å². The van der Waals surface area contributed by atoms with Crippen LogP contribution in [0.15, 0.2) is 46.0 Å². The molecule has 0 spiro atoms. The van der Waals surface area contributed by atoms with E-state index in [0.29, 0.717) is 11.3 Å². The Labute approximate surface area is 133 Å². The lowest BCUT2D eigenvalue weighted by Crippen LogP contribution is -2.21. The van der Waals surface area contributed by atoms with Crippen LogP contribution in [-0.4, -0.2) is 23.9 Å². The van der Waals surface area contributed by atoms with E-state index >= 15 is 0 Å². The molecule has 3 rings (SSSR count). The smallest absolute Gasteiger partial charge is 0.295 e. The molecule has 1 amide bonds. The fourth-order valence-electron chi connectivity index (χ4n) is 3.26. The third-order valence-electron chi connectivity index (χ3n) is 4.49. The zero-order valence-electron chi connectivity index (χ0n) is 12.9. The lowest BCUT2D eigenvalue weighted by Gasteiger charge is -2.23. The molecule has 6 heteroatoms. The molecule has 0 saturated heterocycles. The second-order valence-corrected chi connectivity index (χ2v) is 5.83. The first-order chi connectivity index (χ1) is 11.1. The molecule has 0 bridgehead atoms. The number of carbonyl (C=O) groups is 2. The molecule has 0 aliphatic heterocycles. The molecular weight excluding hydrogens is 296 g/mol. The number of rotatable bonds is 3. The Hall–Kier alpha value is -2.50. The van der Waals surface area contributed by atoms with Gasteiger partial charge in [-0.2, -0.15) is 0 Å². The number of Topliss-reactive ketones (excluding diaryl/α,β-unsaturated/α-hetero) is 1. The van der Waals surface area contributed by atoms with Crippen LogP contribution in [-0.2, 0) is 4.79 Å². The Balaban J connectivity index is 1.80. The molecule has 1 N–H and O–H groups in total. The molecule has 2 aliphatic rings. The summed E-state index contributed by atoms with van der Waals surface area (Å²) in [6.45, 7) is 0. The summed E-state index contributed by atoms with van der Waals surface area (Å²) in [4.78, 5) is 24.4. The molecule has 0 aromatic heterocycles. The van der Waals surface area contributed by atoms with Gasteiger partial charge in [-0.15, -0.1) is 10.2 Å². The van der Waals surface area contributed by atoms with Crippen LogP contribution in [0.5, 0.6) is 5.75 Å². The first-order valence-corrected chi connectivity index (χ1v) is 7.69. The van der Waals surface area contributed by atoms with E-state index in [1.54, 1.807) is 24.3 Å². The number of carbonyl (C=O) groups excluding carboxylic acids is 2. The number of fused-ring (bicyclic) bond motifs is 1. The number of aliphatic hydroxyl groups is 1. The van der Waals surface area contributed by atoms with Gasteiger partial charge in [0.1, 0.15) is 11.5 Å². The van der Waals surface area contributed by atoms with Crippen molar-refractivity contribution in [2.75, 3.05) is 7.11 Å². The van der Waals surface area contributed by atoms with Crippen LogP contribution in [0.2, 0.25) is 0 Å². The van der Waals surface area contributed by atoms with Crippen molar-refractivity contribution < 1.29 is 19.4 Å². The maximum absolute atomic E-state index is 12.3. The lowest BCUT2D eigenvalue weighted by molar-refractivity contribution is -0.120. The van der Waals surface area contributed by atoms with Crippen molar-refractivity contribution in [2.45, 2.75) is 25.7 Å². The Morgan fingerprint density at radius 3 is 2.70 bits per heavy atom. The number of ether oxygens (including phenoxy) is 1. The number of allylic oxidation sites excluding steroid dienone is 2. The lowest BCUT2D eigenvalue weighted by atomic mass is 9.80. The van der Waals surface area contributed by atoms with Gasteiger partial charge in [0, 0.05) is 17.4 Å². The summed E-state index contributed by atoms with van der Waals surface area (Å²) in [5.41, 5.74) is 0.259. The normalized spacial score (nSPS) is 24.1. The molecule has 2 atom stereocenters. The van der Waals surface area contributed by atoms with Crippen LogP contribution < -0.4 is 4.74 Å². The second-order valence-electron chi connectivity index (χ2n) is 5.83. The molecule has 1 aromatic rings. The van der Waals surface area contributed by atoms with Gasteiger partial charge in [-0.05, 0) is 31.0 Å². The third kappa shape index (κ3) is 2.88. The largest absolute Gasteiger partial charge is 0.510 e. The summed E-state index contributed by atoms with van der Waals surface area (Å²) in [7, 11) is 1.51. The van der Waals surface area contributed by atoms with Gasteiger partial charge in [0.2, 0.25) is 0 Å². The van der Waals surface area contributed by atoms with Crippen LogP contribution in [0, 0.1) is 11.8 Å². The van der Waals surface area contributed by atoms with Crippen LogP contribution in [0.4, 0.5) is 0 Å². The predicted molar refractivity (Wildman–Crippen MR) is 82.3 cm³/mol. The maximum atomic E-state index is 12.3. The third-order valence-corrected chi connectivity index (χ3v) is 4.49. The van der Waals surface area contributed by atoms with Crippen LogP contribution in [0.3, 0.4) is 0 Å². The van der Waals surface area contributed by atoms with E-state index in [1.165, 1.54) is 7.11 Å². The molecule has 0 radical (unpaired) electrons. The summed E-state index contributed by atoms with van der Waals surface area (Å²) in [6, 6.07) is 6.53. The fourth-order valence-corrected chi connectivity index (χ4v) is 3.26. The van der Waals surface area contributed by atoms with Crippen molar-refractivity contribution >= 4 is 11.7 Å². The summed E-state index contributed by atoms with van der Waals surface area (Å²) < 4.78 is 5.05. The molecule has 6 nitrogen and oxygen atoms in total. The SMILES string of the molecule is COc1cccc(C(=O)N=NC2=C(O)C3CCCCC3C2=O)c1. The monoisotopic (exact) mass is 314 g/mol. The zero-order valence-corrected chi connectivity index (χ0v) is 12.9. The zero-order chi connectivity index (χ0) is 16.4. The van der Waals surface area contributed by atoms with Gasteiger partial charge in [0.25, 0.3) is 5.91 Å². The number of amides is 1. The molecular formula is C17H18N2O4. The highest BCUT2D eigenvalue weighted by Gasteiger charge is 2.43. The topological polar surface area (TPSA) is 88.3 Å². The highest BCUT2D eigenvalue weighted by atomic mass is 16.5. The first kappa shape index (κ1) is 15.4. The number of ketones is 1. The molecule has 2 unspecified atom stereocenters. The van der Waals surface area contributed by atoms with E-state index < -0.39 is 5.91 Å². The number of methoxy groups -OCH3 is 1. The van der Waals surface area contributed by atoms with Gasteiger partial charge >= 0.3 is 0 Å². The molecule has 23 heavy (non-hydrogen) atoms. The summed E-state index contributed by atoms with van der Waals surface area (Å²) in [6.07, 6.45) is 3.51. The Morgan fingerprint density at radius 1 is 1.26 bits per heavy atom. The molecule has 1 aromatic carbocycles. The van der Waals surface area contributed by atoms with E-state index in [-0.39, 0.29) is 29.1 Å². The van der Waals surface area contributed by atoms with Gasteiger partial charge in [-0.1, -0.05) is 18.9 Å². The van der Waals surface area contributed by atoms with Crippen LogP contribution >= 0.6 is 0 Å². The average Bonchev–Trinajstić information content (AvgIpc) is 2.84. The number of hydrogen-bond acceptors (Lipinski definition) is 5. The molecule has 0 heterocycles. The number of hydrogen-bond donors (Lipinski definition) is 1. The summed E-state index contributed by atoms with van der Waals surface area (Å²) in [5, 5.41) is 17.6. The number of azo groups is 1. The fraction of sp³-hybridized carbons (Fsp3) is 0.412. The quantitative estimate of drug-likeness (QED) is 0.865. The van der Waals surface area contributed by atoms with Gasteiger partial charge in [0.05, 0.1) is 7.11 Å². The predicted octanol–water partition coefficient (Wildman–Crippen LogP) is 3.45. The summed E-state index contributed by atoms with van der Waals surface area (Å²) >= 11 is 0. The van der Waals surface area contributed by atoms with E-state index in [0.717, 1.165) is 25.7 Å². The standard InChI is InChI=1S/C17H18N2O4/c1-23-11-6-4-5-10(9-11)17(22)19-18-14-15(20)12-7-2-3-8-13(12)16(14)21/h4-6,9,12-13,20H,2-3,7-8H2,1H3. The van der Waals surface area contributed by atoms with Crippen molar-refractivity contribution in [3.8, 4) is 5.75 Å². The maximum Gasteiger partial charge on any atom is 0.295 e. The molecule has 2 aliphatic carbocycles. The number of benzene rings is 1. The second kappa shape index (κ2) is 6.32. The van der Waals surface area contributed by atoms with Gasteiger partial charge in [0.15, 0.2) is 11.5 Å². The van der Waals surface area contributed by atoms with Gasteiger partial charge < -0.3 is 9.84 Å².